The Balaban J connectivity index is 0.00000124. The number of amides is 1. The summed E-state index contributed by atoms with van der Waals surface area (Å²) >= 11 is 3.18. The van der Waals surface area contributed by atoms with E-state index in [-0.39, 0.29) is 5.91 Å². The average Bonchev–Trinajstić information content (AvgIpc) is 3.40. The van der Waals surface area contributed by atoms with Gasteiger partial charge < -0.3 is 29.9 Å². The molecule has 3 heterocycles. The Morgan fingerprint density at radius 3 is 2.34 bits per heavy atom. The number of thiazole rings is 1. The molecule has 1 saturated heterocycles. The number of carbonyl (C=O) groups is 2. The van der Waals surface area contributed by atoms with Gasteiger partial charge in [0.1, 0.15) is 12.1 Å². The van der Waals surface area contributed by atoms with E-state index in [1.807, 2.05) is 38.4 Å². The van der Waals surface area contributed by atoms with E-state index in [0.29, 0.717) is 30.3 Å². The molecule has 1 aliphatic rings. The first-order chi connectivity index (χ1) is 22.5. The molecule has 0 bridgehead atoms. The van der Waals surface area contributed by atoms with E-state index in [1.54, 1.807) is 34.2 Å². The maximum Gasteiger partial charge on any atom is 0.255 e. The van der Waals surface area contributed by atoms with Crippen LogP contribution in [0.15, 0.2) is 28.7 Å². The molecule has 0 atom stereocenters. The van der Waals surface area contributed by atoms with E-state index in [0.717, 1.165) is 73.0 Å². The van der Waals surface area contributed by atoms with Gasteiger partial charge in [-0.25, -0.2) is 9.97 Å². The van der Waals surface area contributed by atoms with Crippen molar-refractivity contribution >= 4 is 53.5 Å². The van der Waals surface area contributed by atoms with Crippen LogP contribution in [0, 0.1) is 13.8 Å². The molecular weight excluding hydrogens is 631 g/mol. The quantitative estimate of drug-likeness (QED) is 0.0871. The monoisotopic (exact) mass is 689 g/mol. The van der Waals surface area contributed by atoms with Crippen LogP contribution in [0.4, 0.5) is 5.82 Å². The van der Waals surface area contributed by atoms with Gasteiger partial charge >= 0.3 is 0 Å². The molecule has 264 valence electrons. The number of anilines is 1. The van der Waals surface area contributed by atoms with Crippen molar-refractivity contribution in [3.63, 3.8) is 0 Å². The smallest absolute Gasteiger partial charge is 0.255 e. The fourth-order valence-electron chi connectivity index (χ4n) is 4.96. The molecule has 0 radical (unpaired) electrons. The van der Waals surface area contributed by atoms with Crippen LogP contribution < -0.4 is 5.32 Å². The number of pyridine rings is 1. The second-order valence-corrected chi connectivity index (χ2v) is 13.9. The summed E-state index contributed by atoms with van der Waals surface area (Å²) < 4.78 is 0. The van der Waals surface area contributed by atoms with E-state index in [2.05, 4.69) is 64.6 Å². The molecule has 0 aliphatic carbocycles. The number of hydrogen-bond acceptors (Lipinski definition) is 11. The molecule has 3 rings (SSSR count). The molecule has 0 saturated carbocycles. The zero-order chi connectivity index (χ0) is 35.2. The minimum atomic E-state index is -0.606. The first-order valence-corrected chi connectivity index (χ1v) is 18.5. The van der Waals surface area contributed by atoms with Crippen LogP contribution in [-0.2, 0) is 4.79 Å². The van der Waals surface area contributed by atoms with E-state index >= 15 is 0 Å². The number of thioether (sulfide) groups is 1. The number of aliphatic hydroxyl groups is 1. The molecule has 10 nitrogen and oxygen atoms in total. The van der Waals surface area contributed by atoms with Crippen LogP contribution in [0.25, 0.3) is 5.70 Å². The number of carbonyl (C=O) groups excluding carboxylic acids is 2. The van der Waals surface area contributed by atoms with Crippen molar-refractivity contribution < 1.29 is 14.7 Å². The number of unbranched alkanes of at least 4 members (excludes halogenated alkanes) is 2. The highest BCUT2D eigenvalue weighted by Gasteiger charge is 2.32. The van der Waals surface area contributed by atoms with Crippen molar-refractivity contribution in [2.75, 3.05) is 64.6 Å². The van der Waals surface area contributed by atoms with Gasteiger partial charge in [0.15, 0.2) is 0 Å². The van der Waals surface area contributed by atoms with Crippen LogP contribution in [0.3, 0.4) is 0 Å². The third-order valence-electron chi connectivity index (χ3n) is 7.75. The van der Waals surface area contributed by atoms with Crippen LogP contribution in [0.1, 0.15) is 92.2 Å². The topological polar surface area (TPSA) is 114 Å². The van der Waals surface area contributed by atoms with E-state index in [4.69, 9.17) is 4.79 Å². The van der Waals surface area contributed by atoms with E-state index in [9.17, 15) is 9.90 Å². The van der Waals surface area contributed by atoms with Gasteiger partial charge in [-0.15, -0.1) is 23.1 Å². The Morgan fingerprint density at radius 1 is 1.19 bits per heavy atom. The Morgan fingerprint density at radius 2 is 1.85 bits per heavy atom. The molecule has 2 aromatic rings. The summed E-state index contributed by atoms with van der Waals surface area (Å²) in [5, 5.41) is 17.2. The van der Waals surface area contributed by atoms with Crippen molar-refractivity contribution in [3.05, 3.63) is 44.9 Å². The summed E-state index contributed by atoms with van der Waals surface area (Å²) in [5.74, 6) is 1.27. The maximum atomic E-state index is 12.9. The van der Waals surface area contributed by atoms with E-state index < -0.39 is 5.60 Å². The summed E-state index contributed by atoms with van der Waals surface area (Å²) in [7, 11) is 3.93. The lowest BCUT2D eigenvalue weighted by molar-refractivity contribution is -0.106. The molecule has 47 heavy (non-hydrogen) atoms. The van der Waals surface area contributed by atoms with Gasteiger partial charge in [-0.2, -0.15) is 0 Å². The number of hydrogen-bond donors (Lipinski definition) is 2. The lowest BCUT2D eigenvalue weighted by Gasteiger charge is -2.39. The number of rotatable bonds is 16. The summed E-state index contributed by atoms with van der Waals surface area (Å²) in [6, 6.07) is 3.64. The molecule has 1 fully saturated rings. The zero-order valence-corrected chi connectivity index (χ0v) is 31.7. The fraction of sp³-hybridized carbons (Fsp3) is 0.629. The molecular formula is C35H59N7O3S2. The number of likely N-dealkylation sites (N-methyl/N-ethyl adjacent to an activating group) is 1. The lowest BCUT2D eigenvalue weighted by atomic mass is 9.91. The highest BCUT2D eigenvalue weighted by atomic mass is 32.2. The predicted molar refractivity (Wildman–Crippen MR) is 202 cm³/mol. The van der Waals surface area contributed by atoms with Crippen molar-refractivity contribution in [1.29, 1.82) is 0 Å². The third kappa shape index (κ3) is 16.3. The minimum absolute atomic E-state index is 0.0414. The van der Waals surface area contributed by atoms with Gasteiger partial charge in [-0.1, -0.05) is 40.0 Å². The number of aryl methyl sites for hydroxylation is 2. The number of nitrogens with zero attached hydrogens (tertiary/aromatic N) is 6. The van der Waals surface area contributed by atoms with Gasteiger partial charge in [0.25, 0.3) is 5.91 Å². The molecule has 1 amide bonds. The van der Waals surface area contributed by atoms with Crippen molar-refractivity contribution in [3.8, 4) is 0 Å². The fourth-order valence-corrected chi connectivity index (χ4v) is 6.60. The van der Waals surface area contributed by atoms with Gasteiger partial charge in [0, 0.05) is 39.4 Å². The number of nitrogens with one attached hydrogen (secondary N) is 1. The second kappa shape index (κ2) is 23.6. The highest BCUT2D eigenvalue weighted by molar-refractivity contribution is 8.02. The Hall–Kier alpha value is -2.64. The summed E-state index contributed by atoms with van der Waals surface area (Å²) in [5.41, 5.74) is 1.75. The van der Waals surface area contributed by atoms with Crippen LogP contribution >= 0.6 is 23.1 Å². The SMILES string of the molecule is C=N/C(=C\SCNc1ccc(C(=O)N(C)CCCN(CC)CC2(O)CCN(C)CC2)cn1)c1sc(C)nc1C.CC=O.CCCCC. The Labute approximate surface area is 292 Å². The van der Waals surface area contributed by atoms with Crippen molar-refractivity contribution in [2.24, 2.45) is 4.99 Å². The van der Waals surface area contributed by atoms with Crippen molar-refractivity contribution in [1.82, 2.24) is 24.7 Å². The molecule has 1 aliphatic heterocycles. The zero-order valence-electron chi connectivity index (χ0n) is 30.0. The first kappa shape index (κ1) is 42.4. The highest BCUT2D eigenvalue weighted by Crippen LogP contribution is 2.28. The average molecular weight is 690 g/mol. The molecule has 12 heteroatoms. The summed E-state index contributed by atoms with van der Waals surface area (Å²) in [6.07, 6.45) is 8.92. The number of aliphatic imine (C=N–C) groups is 1. The van der Waals surface area contributed by atoms with E-state index in [1.165, 1.54) is 26.2 Å². The van der Waals surface area contributed by atoms with Gasteiger partial charge in [-0.3, -0.25) is 9.79 Å². The number of likely N-dealkylation sites (tertiary alicyclic amines) is 1. The first-order valence-electron chi connectivity index (χ1n) is 16.7. The van der Waals surface area contributed by atoms with Gasteiger partial charge in [-0.05, 0) is 84.4 Å². The molecule has 2 N–H and O–H groups in total. The predicted octanol–water partition coefficient (Wildman–Crippen LogP) is 6.60. The van der Waals surface area contributed by atoms with Crippen molar-refractivity contribution in [2.45, 2.75) is 85.7 Å². The summed E-state index contributed by atoms with van der Waals surface area (Å²) in [4.78, 5) is 42.1. The van der Waals surface area contributed by atoms with Crippen LogP contribution in [0.5, 0.6) is 0 Å². The number of aromatic nitrogens is 2. The molecule has 2 aromatic heterocycles. The van der Waals surface area contributed by atoms with Gasteiger partial charge in [0.05, 0.1) is 38.3 Å². The number of aldehydes is 1. The Kier molecular flexibility index (Phi) is 21.3. The summed E-state index contributed by atoms with van der Waals surface area (Å²) in [6.45, 7) is 20.6. The largest absolute Gasteiger partial charge is 0.388 e. The normalized spacial score (nSPS) is 14.4. The van der Waals surface area contributed by atoms with Crippen LogP contribution in [-0.4, -0.2) is 114 Å². The molecule has 0 aromatic carbocycles. The molecule has 0 unspecified atom stereocenters. The third-order valence-corrected chi connectivity index (χ3v) is 9.55. The van der Waals surface area contributed by atoms with Crippen LogP contribution in [0.2, 0.25) is 0 Å². The number of piperidine rings is 1. The Bertz CT molecular complexity index is 1210. The minimum Gasteiger partial charge on any atom is -0.388 e. The maximum absolute atomic E-state index is 12.9. The second-order valence-electron chi connectivity index (χ2n) is 11.8. The lowest BCUT2D eigenvalue weighted by Crippen LogP contribution is -2.50. The van der Waals surface area contributed by atoms with Gasteiger partial charge in [0.2, 0.25) is 0 Å². The molecule has 0 spiro atoms. The standard InChI is InChI=1S/C28H43N7O2S2.C5H12.C2H4O/c1-7-35(19-28(37)11-15-33(5)16-12-28)14-8-13-34(6)27(36)23-9-10-25(30-17-23)31-20-38-18-24(29-4)26-21(2)32-22(3)39-26;1-3-5-4-2;1-2-3/h9-10,17-18,37H,4,7-8,11-16,19-20H2,1-3,5-6H3,(H,30,31);3-5H2,1-2H3;2H,1H3/b24-18-;;.